The molecule has 0 aromatic carbocycles. The van der Waals surface area contributed by atoms with Crippen LogP contribution in [0.1, 0.15) is 19.2 Å². The molecule has 0 unspecified atom stereocenters. The second-order valence-corrected chi connectivity index (χ2v) is 4.65. The first-order valence-electron chi connectivity index (χ1n) is 6.89. The number of carbonyl (C=O) groups excluding carboxylic acids is 1. The molecular weight excluding hydrogens is 244 g/mol. The molecule has 106 valence electrons. The average molecular weight is 266 g/mol. The molecule has 2 rings (SSSR count). The average Bonchev–Trinajstić information content (AvgIpc) is 2.94. The van der Waals surface area contributed by atoms with Gasteiger partial charge in [-0.05, 0) is 6.42 Å². The molecule has 0 saturated carbocycles. The lowest BCUT2D eigenvalue weighted by Gasteiger charge is -2.32. The number of aromatic amines is 1. The normalized spacial score (nSPS) is 18.2. The number of imidazole rings is 1. The number of rotatable bonds is 6. The molecule has 6 heteroatoms. The molecule has 0 radical (unpaired) electrons. The molecule has 1 aromatic heterocycles. The molecule has 2 heterocycles. The van der Waals surface area contributed by atoms with Crippen molar-refractivity contribution in [1.82, 2.24) is 20.2 Å². The molecule has 0 spiro atoms. The highest BCUT2D eigenvalue weighted by Gasteiger charge is 2.25. The first-order chi connectivity index (χ1) is 9.31. The van der Waals surface area contributed by atoms with Gasteiger partial charge < -0.3 is 15.0 Å². The Morgan fingerprint density at radius 2 is 2.37 bits per heavy atom. The smallest absolute Gasteiger partial charge is 0.237 e. The summed E-state index contributed by atoms with van der Waals surface area (Å²) in [6.45, 7) is 5.78. The fourth-order valence-corrected chi connectivity index (χ4v) is 2.36. The lowest BCUT2D eigenvalue weighted by molar-refractivity contribution is -0.128. The molecule has 0 bridgehead atoms. The van der Waals surface area contributed by atoms with Crippen molar-refractivity contribution in [3.05, 3.63) is 18.2 Å². The summed E-state index contributed by atoms with van der Waals surface area (Å²) in [6.07, 6.45) is 5.07. The summed E-state index contributed by atoms with van der Waals surface area (Å²) in [6, 6.07) is -0.0412. The van der Waals surface area contributed by atoms with Crippen LogP contribution < -0.4 is 5.32 Å². The maximum Gasteiger partial charge on any atom is 0.237 e. The number of hydrogen-bond acceptors (Lipinski definition) is 4. The number of nitrogens with one attached hydrogen (secondary N) is 2. The maximum atomic E-state index is 12.2. The molecule has 1 aromatic rings. The minimum atomic E-state index is -0.0412. The van der Waals surface area contributed by atoms with Gasteiger partial charge in [0.15, 0.2) is 0 Å². The van der Waals surface area contributed by atoms with Crippen LogP contribution in [0.15, 0.2) is 12.4 Å². The second-order valence-electron chi connectivity index (χ2n) is 4.65. The first kappa shape index (κ1) is 14.0. The standard InChI is InChI=1S/C13H22N4O2/c1-2-11(17-7-9-19-10-8-17)13(18)16-4-3-12-14-5-6-15-12/h5-6,11H,2-4,7-10H2,1H3,(H,14,15)(H,16,18)/t11-/m0/s1. The molecule has 0 aliphatic carbocycles. The predicted octanol–water partition coefficient (Wildman–Crippen LogP) is 0.179. The summed E-state index contributed by atoms with van der Waals surface area (Å²) in [4.78, 5) is 21.5. The summed E-state index contributed by atoms with van der Waals surface area (Å²) in [5, 5.41) is 2.99. The van der Waals surface area contributed by atoms with Crippen LogP contribution in [-0.4, -0.2) is 59.7 Å². The van der Waals surface area contributed by atoms with E-state index in [4.69, 9.17) is 4.74 Å². The minimum absolute atomic E-state index is 0.0412. The highest BCUT2D eigenvalue weighted by Crippen LogP contribution is 2.07. The number of nitrogens with zero attached hydrogens (tertiary/aromatic N) is 2. The topological polar surface area (TPSA) is 70.2 Å². The van der Waals surface area contributed by atoms with Crippen molar-refractivity contribution in [2.45, 2.75) is 25.8 Å². The van der Waals surface area contributed by atoms with E-state index in [1.165, 1.54) is 0 Å². The van der Waals surface area contributed by atoms with Gasteiger partial charge in [0.1, 0.15) is 5.82 Å². The Morgan fingerprint density at radius 3 is 3.00 bits per heavy atom. The molecule has 2 N–H and O–H groups in total. The summed E-state index contributed by atoms with van der Waals surface area (Å²) in [5.41, 5.74) is 0. The third kappa shape index (κ3) is 4.04. The van der Waals surface area contributed by atoms with E-state index >= 15 is 0 Å². The van der Waals surface area contributed by atoms with E-state index in [1.54, 1.807) is 12.4 Å². The van der Waals surface area contributed by atoms with Crippen LogP contribution in [0.2, 0.25) is 0 Å². The quantitative estimate of drug-likeness (QED) is 0.770. The van der Waals surface area contributed by atoms with E-state index in [2.05, 4.69) is 20.2 Å². The van der Waals surface area contributed by atoms with Gasteiger partial charge in [0, 0.05) is 38.4 Å². The van der Waals surface area contributed by atoms with Crippen LogP contribution in [0.25, 0.3) is 0 Å². The summed E-state index contributed by atoms with van der Waals surface area (Å²) < 4.78 is 5.32. The fraction of sp³-hybridized carbons (Fsp3) is 0.692. The zero-order valence-corrected chi connectivity index (χ0v) is 11.4. The monoisotopic (exact) mass is 266 g/mol. The van der Waals surface area contributed by atoms with Crippen molar-refractivity contribution in [1.29, 1.82) is 0 Å². The van der Waals surface area contributed by atoms with Gasteiger partial charge in [-0.15, -0.1) is 0 Å². The number of carbonyl (C=O) groups is 1. The molecule has 1 amide bonds. The van der Waals surface area contributed by atoms with Gasteiger partial charge in [-0.2, -0.15) is 0 Å². The highest BCUT2D eigenvalue weighted by molar-refractivity contribution is 5.81. The summed E-state index contributed by atoms with van der Waals surface area (Å²) in [7, 11) is 0. The van der Waals surface area contributed by atoms with Crippen LogP contribution in [0.5, 0.6) is 0 Å². The third-order valence-corrected chi connectivity index (χ3v) is 3.39. The molecule has 1 atom stereocenters. The summed E-state index contributed by atoms with van der Waals surface area (Å²) in [5.74, 6) is 1.01. The van der Waals surface area contributed by atoms with Gasteiger partial charge >= 0.3 is 0 Å². The number of H-pyrrole nitrogens is 1. The maximum absolute atomic E-state index is 12.2. The number of ether oxygens (including phenoxy) is 1. The molecule has 6 nitrogen and oxygen atoms in total. The largest absolute Gasteiger partial charge is 0.379 e. The van der Waals surface area contributed by atoms with Crippen LogP contribution >= 0.6 is 0 Å². The van der Waals surface area contributed by atoms with Gasteiger partial charge in [0.05, 0.1) is 19.3 Å². The minimum Gasteiger partial charge on any atom is -0.379 e. The van der Waals surface area contributed by atoms with Crippen LogP contribution in [0.4, 0.5) is 0 Å². The summed E-state index contributed by atoms with van der Waals surface area (Å²) >= 11 is 0. The number of morpholine rings is 1. The van der Waals surface area contributed by atoms with Crippen molar-refractivity contribution >= 4 is 5.91 Å². The van der Waals surface area contributed by atoms with Crippen LogP contribution in [0, 0.1) is 0 Å². The van der Waals surface area contributed by atoms with Gasteiger partial charge in [-0.3, -0.25) is 9.69 Å². The Balaban J connectivity index is 1.76. The van der Waals surface area contributed by atoms with Gasteiger partial charge in [0.2, 0.25) is 5.91 Å². The van der Waals surface area contributed by atoms with E-state index in [-0.39, 0.29) is 11.9 Å². The van der Waals surface area contributed by atoms with Crippen molar-refractivity contribution in [2.24, 2.45) is 0 Å². The van der Waals surface area contributed by atoms with Gasteiger partial charge in [-0.1, -0.05) is 6.92 Å². The van der Waals surface area contributed by atoms with E-state index < -0.39 is 0 Å². The van der Waals surface area contributed by atoms with Gasteiger partial charge in [0.25, 0.3) is 0 Å². The van der Waals surface area contributed by atoms with Crippen LogP contribution in [0.3, 0.4) is 0 Å². The van der Waals surface area contributed by atoms with E-state index in [0.717, 1.165) is 45.0 Å². The van der Waals surface area contributed by atoms with Gasteiger partial charge in [-0.25, -0.2) is 4.98 Å². The zero-order valence-electron chi connectivity index (χ0n) is 11.4. The fourth-order valence-electron chi connectivity index (χ4n) is 2.36. The van der Waals surface area contributed by atoms with Crippen molar-refractivity contribution < 1.29 is 9.53 Å². The molecule has 1 aliphatic rings. The molecular formula is C13H22N4O2. The van der Waals surface area contributed by atoms with Crippen LogP contribution in [-0.2, 0) is 16.0 Å². The van der Waals surface area contributed by atoms with Crippen molar-refractivity contribution in [3.8, 4) is 0 Å². The highest BCUT2D eigenvalue weighted by atomic mass is 16.5. The number of amides is 1. The van der Waals surface area contributed by atoms with Crippen molar-refractivity contribution in [2.75, 3.05) is 32.8 Å². The second kappa shape index (κ2) is 7.25. The Morgan fingerprint density at radius 1 is 1.58 bits per heavy atom. The lowest BCUT2D eigenvalue weighted by Crippen LogP contribution is -2.51. The Kier molecular flexibility index (Phi) is 5.35. The lowest BCUT2D eigenvalue weighted by atomic mass is 10.1. The Bertz CT molecular complexity index is 374. The molecule has 1 aliphatic heterocycles. The number of hydrogen-bond donors (Lipinski definition) is 2. The van der Waals surface area contributed by atoms with E-state index in [1.807, 2.05) is 6.92 Å². The van der Waals surface area contributed by atoms with Crippen molar-refractivity contribution in [3.63, 3.8) is 0 Å². The zero-order chi connectivity index (χ0) is 13.5. The molecule has 1 fully saturated rings. The number of aromatic nitrogens is 2. The predicted molar refractivity (Wildman–Crippen MR) is 71.8 cm³/mol. The Hall–Kier alpha value is -1.40. The van der Waals surface area contributed by atoms with E-state index in [0.29, 0.717) is 6.54 Å². The SMILES string of the molecule is CC[C@@H](C(=O)NCCc1ncc[nH]1)N1CCOCC1. The van der Waals surface area contributed by atoms with E-state index in [9.17, 15) is 4.79 Å². The molecule has 19 heavy (non-hydrogen) atoms. The third-order valence-electron chi connectivity index (χ3n) is 3.39. The molecule has 1 saturated heterocycles. The Labute approximate surface area is 113 Å². The first-order valence-corrected chi connectivity index (χ1v) is 6.89.